The summed E-state index contributed by atoms with van der Waals surface area (Å²) in [5.41, 5.74) is -1.19. The van der Waals surface area contributed by atoms with Gasteiger partial charge in [0, 0.05) is 46.0 Å². The maximum absolute atomic E-state index is 12.8. The Morgan fingerprint density at radius 3 is 2.70 bits per heavy atom. The second-order valence-electron chi connectivity index (χ2n) is 6.99. The lowest BCUT2D eigenvalue weighted by molar-refractivity contribution is -0.137. The molecule has 0 radical (unpaired) electrons. The van der Waals surface area contributed by atoms with Gasteiger partial charge in [-0.1, -0.05) is 11.6 Å². The largest absolute Gasteiger partial charge is 0.417 e. The molecule has 1 aliphatic rings. The van der Waals surface area contributed by atoms with Crippen LogP contribution in [0.1, 0.15) is 25.8 Å². The summed E-state index contributed by atoms with van der Waals surface area (Å²) < 4.78 is 43.6. The molecule has 0 aromatic carbocycles. The number of ether oxygens (including phenoxy) is 1. The number of methoxy groups -OCH3 is 1. The third kappa shape index (κ3) is 5.87. The molecule has 2 N–H and O–H groups in total. The van der Waals surface area contributed by atoms with Gasteiger partial charge in [-0.25, -0.2) is 4.98 Å². The summed E-state index contributed by atoms with van der Waals surface area (Å²) in [4.78, 5) is 9.99. The number of anilines is 1. The predicted molar refractivity (Wildman–Crippen MR) is 100 cm³/mol. The van der Waals surface area contributed by atoms with Crippen LogP contribution in [0.4, 0.5) is 19.0 Å². The summed E-state index contributed by atoms with van der Waals surface area (Å²) in [6.07, 6.45) is -2.86. The second kappa shape index (κ2) is 8.52. The number of nitrogens with one attached hydrogen (secondary N) is 2. The fourth-order valence-corrected chi connectivity index (χ4v) is 2.93. The van der Waals surface area contributed by atoms with Gasteiger partial charge in [0.15, 0.2) is 5.96 Å². The highest BCUT2D eigenvalue weighted by Gasteiger charge is 2.33. The minimum atomic E-state index is -4.46. The monoisotopic (exact) mass is 407 g/mol. The Bertz CT molecular complexity index is 681. The van der Waals surface area contributed by atoms with Gasteiger partial charge in [0.05, 0.1) is 16.2 Å². The molecule has 0 aliphatic carbocycles. The van der Waals surface area contributed by atoms with Crippen LogP contribution in [0.5, 0.6) is 0 Å². The SMILES string of the molecule is CN=C(NCC(C)(C)OC)NC1CCN(c2ncc(C(F)(F)F)cc2Cl)C1. The topological polar surface area (TPSA) is 61.8 Å². The molecule has 2 heterocycles. The number of alkyl halides is 3. The molecule has 6 nitrogen and oxygen atoms in total. The van der Waals surface area contributed by atoms with Crippen molar-refractivity contribution in [2.45, 2.75) is 38.1 Å². The van der Waals surface area contributed by atoms with Crippen molar-refractivity contribution in [2.75, 3.05) is 38.7 Å². The van der Waals surface area contributed by atoms with Gasteiger partial charge in [-0.3, -0.25) is 4.99 Å². The number of hydrogen-bond donors (Lipinski definition) is 2. The summed E-state index contributed by atoms with van der Waals surface area (Å²) >= 11 is 6.04. The van der Waals surface area contributed by atoms with E-state index in [2.05, 4.69) is 20.6 Å². The van der Waals surface area contributed by atoms with Crippen molar-refractivity contribution in [3.63, 3.8) is 0 Å². The van der Waals surface area contributed by atoms with Gasteiger partial charge in [-0.15, -0.1) is 0 Å². The zero-order chi connectivity index (χ0) is 20.2. The number of aliphatic imine (C=N–C) groups is 1. The molecule has 27 heavy (non-hydrogen) atoms. The average Bonchev–Trinajstić information content (AvgIpc) is 3.06. The van der Waals surface area contributed by atoms with E-state index in [1.807, 2.05) is 18.7 Å². The van der Waals surface area contributed by atoms with E-state index in [9.17, 15) is 13.2 Å². The number of pyridine rings is 1. The van der Waals surface area contributed by atoms with Crippen LogP contribution < -0.4 is 15.5 Å². The molecule has 0 saturated carbocycles. The standard InChI is InChI=1S/C17H25ClF3N5O/c1-16(2,27-4)10-24-15(22-3)25-12-5-6-26(9-12)14-13(18)7-11(8-23-14)17(19,20)21/h7-8,12H,5-6,9-10H2,1-4H3,(H2,22,24,25). The van der Waals surface area contributed by atoms with Crippen LogP contribution in [-0.4, -0.2) is 56.4 Å². The lowest BCUT2D eigenvalue weighted by Crippen LogP contribution is -2.49. The molecule has 1 atom stereocenters. The lowest BCUT2D eigenvalue weighted by atomic mass is 10.1. The van der Waals surface area contributed by atoms with Gasteiger partial charge >= 0.3 is 6.18 Å². The fraction of sp³-hybridized carbons (Fsp3) is 0.647. The lowest BCUT2D eigenvalue weighted by Gasteiger charge is -2.25. The molecule has 152 valence electrons. The first-order chi connectivity index (χ1) is 12.6. The molecule has 10 heteroatoms. The summed E-state index contributed by atoms with van der Waals surface area (Å²) in [6.45, 7) is 5.69. The number of nitrogens with zero attached hydrogens (tertiary/aromatic N) is 3. The van der Waals surface area contributed by atoms with E-state index in [-0.39, 0.29) is 16.7 Å². The normalized spacial score (nSPS) is 18.7. The van der Waals surface area contributed by atoms with Crippen LogP contribution in [0.3, 0.4) is 0 Å². The maximum Gasteiger partial charge on any atom is 0.417 e. The molecular formula is C17H25ClF3N5O. The third-order valence-electron chi connectivity index (χ3n) is 4.44. The van der Waals surface area contributed by atoms with E-state index in [0.29, 0.717) is 31.4 Å². The van der Waals surface area contributed by atoms with Crippen LogP contribution >= 0.6 is 11.6 Å². The maximum atomic E-state index is 12.8. The third-order valence-corrected chi connectivity index (χ3v) is 4.71. The first-order valence-corrected chi connectivity index (χ1v) is 8.93. The molecule has 0 spiro atoms. The molecular weight excluding hydrogens is 383 g/mol. The number of hydrogen-bond acceptors (Lipinski definition) is 4. The van der Waals surface area contributed by atoms with Crippen molar-refractivity contribution in [3.8, 4) is 0 Å². The van der Waals surface area contributed by atoms with Crippen LogP contribution in [0.2, 0.25) is 5.02 Å². The number of guanidine groups is 1. The number of halogens is 4. The highest BCUT2D eigenvalue weighted by Crippen LogP contribution is 2.34. The summed E-state index contributed by atoms with van der Waals surface area (Å²) in [5, 5.41) is 6.51. The van der Waals surface area contributed by atoms with Crippen LogP contribution in [0.15, 0.2) is 17.3 Å². The molecule has 1 unspecified atom stereocenters. The zero-order valence-corrected chi connectivity index (χ0v) is 16.6. The van der Waals surface area contributed by atoms with E-state index in [0.717, 1.165) is 18.7 Å². The van der Waals surface area contributed by atoms with E-state index < -0.39 is 11.7 Å². The van der Waals surface area contributed by atoms with Crippen LogP contribution in [0, 0.1) is 0 Å². The first kappa shape index (κ1) is 21.6. The van der Waals surface area contributed by atoms with Crippen molar-refractivity contribution in [2.24, 2.45) is 4.99 Å². The number of rotatable bonds is 5. The Balaban J connectivity index is 1.96. The van der Waals surface area contributed by atoms with Gasteiger partial charge in [0.2, 0.25) is 0 Å². The minimum Gasteiger partial charge on any atom is -0.377 e. The average molecular weight is 408 g/mol. The van der Waals surface area contributed by atoms with Crippen molar-refractivity contribution in [3.05, 3.63) is 22.8 Å². The van der Waals surface area contributed by atoms with Gasteiger partial charge in [0.25, 0.3) is 0 Å². The highest BCUT2D eigenvalue weighted by atomic mass is 35.5. The zero-order valence-electron chi connectivity index (χ0n) is 15.8. The Hall–Kier alpha value is -1.74. The molecule has 2 rings (SSSR count). The van der Waals surface area contributed by atoms with E-state index in [4.69, 9.17) is 16.3 Å². The van der Waals surface area contributed by atoms with Gasteiger partial charge in [-0.2, -0.15) is 13.2 Å². The second-order valence-corrected chi connectivity index (χ2v) is 7.40. The molecule has 1 aromatic heterocycles. The van der Waals surface area contributed by atoms with E-state index in [1.165, 1.54) is 0 Å². The smallest absolute Gasteiger partial charge is 0.377 e. The molecule has 0 amide bonds. The van der Waals surface area contributed by atoms with Crippen molar-refractivity contribution >= 4 is 23.4 Å². The minimum absolute atomic E-state index is 0.00479. The van der Waals surface area contributed by atoms with Crippen LogP contribution in [0.25, 0.3) is 0 Å². The van der Waals surface area contributed by atoms with Gasteiger partial charge in [0.1, 0.15) is 5.82 Å². The highest BCUT2D eigenvalue weighted by molar-refractivity contribution is 6.33. The van der Waals surface area contributed by atoms with E-state index in [1.54, 1.807) is 14.2 Å². The predicted octanol–water partition coefficient (Wildman–Crippen LogP) is 2.92. The molecule has 1 saturated heterocycles. The summed E-state index contributed by atoms with van der Waals surface area (Å²) in [5.74, 6) is 0.996. The van der Waals surface area contributed by atoms with Crippen LogP contribution in [-0.2, 0) is 10.9 Å². The van der Waals surface area contributed by atoms with Crippen molar-refractivity contribution in [1.82, 2.24) is 15.6 Å². The van der Waals surface area contributed by atoms with Crippen molar-refractivity contribution < 1.29 is 17.9 Å². The number of aromatic nitrogens is 1. The quantitative estimate of drug-likeness (QED) is 0.580. The Labute approximate surface area is 162 Å². The summed E-state index contributed by atoms with van der Waals surface area (Å²) in [6, 6.07) is 0.986. The van der Waals surface area contributed by atoms with E-state index >= 15 is 0 Å². The molecule has 1 fully saturated rings. The van der Waals surface area contributed by atoms with Crippen molar-refractivity contribution in [1.29, 1.82) is 0 Å². The summed E-state index contributed by atoms with van der Waals surface area (Å²) in [7, 11) is 3.32. The Kier molecular flexibility index (Phi) is 6.80. The Morgan fingerprint density at radius 2 is 2.15 bits per heavy atom. The molecule has 1 aromatic rings. The fourth-order valence-electron chi connectivity index (χ4n) is 2.65. The van der Waals surface area contributed by atoms with Gasteiger partial charge in [-0.05, 0) is 26.3 Å². The Morgan fingerprint density at radius 1 is 1.44 bits per heavy atom. The first-order valence-electron chi connectivity index (χ1n) is 8.56. The molecule has 0 bridgehead atoms. The molecule has 1 aliphatic heterocycles. The van der Waals surface area contributed by atoms with Gasteiger partial charge < -0.3 is 20.3 Å².